The summed E-state index contributed by atoms with van der Waals surface area (Å²) in [7, 11) is 0. The molecule has 0 bridgehead atoms. The van der Waals surface area contributed by atoms with Crippen LogP contribution < -0.4 is 10.6 Å². The summed E-state index contributed by atoms with van der Waals surface area (Å²) in [5.41, 5.74) is 0. The van der Waals surface area contributed by atoms with E-state index in [1.165, 1.54) is 45.2 Å². The van der Waals surface area contributed by atoms with Gasteiger partial charge in [0.25, 0.3) is 0 Å². The van der Waals surface area contributed by atoms with Crippen molar-refractivity contribution in [2.75, 3.05) is 32.7 Å². The number of nitrogens with zero attached hydrogens (tertiary/aromatic N) is 5. The van der Waals surface area contributed by atoms with E-state index >= 15 is 0 Å². The first kappa shape index (κ1) is 24.1. The fraction of sp³-hybridized carbons (Fsp3) is 0.842. The third-order valence-corrected chi connectivity index (χ3v) is 5.01. The van der Waals surface area contributed by atoms with Crippen molar-refractivity contribution in [2.45, 2.75) is 71.9 Å². The van der Waals surface area contributed by atoms with E-state index in [2.05, 4.69) is 51.1 Å². The maximum absolute atomic E-state index is 4.87. The monoisotopic (exact) mass is 491 g/mol. The van der Waals surface area contributed by atoms with Crippen LogP contribution in [0, 0.1) is 0 Å². The van der Waals surface area contributed by atoms with Crippen molar-refractivity contribution < 1.29 is 0 Å². The van der Waals surface area contributed by atoms with E-state index < -0.39 is 0 Å². The molecule has 0 aromatic carbocycles. The highest BCUT2D eigenvalue weighted by Crippen LogP contribution is 2.17. The topological polar surface area (TPSA) is 70.4 Å². The second kappa shape index (κ2) is 14.1. The fourth-order valence-corrected chi connectivity index (χ4v) is 3.49. The Labute approximate surface area is 181 Å². The summed E-state index contributed by atoms with van der Waals surface area (Å²) < 4.78 is 2.10. The lowest BCUT2D eigenvalue weighted by Gasteiger charge is -2.35. The zero-order valence-electron chi connectivity index (χ0n) is 17.3. The van der Waals surface area contributed by atoms with E-state index in [0.29, 0.717) is 6.04 Å². The van der Waals surface area contributed by atoms with Gasteiger partial charge in [-0.1, -0.05) is 26.7 Å². The highest BCUT2D eigenvalue weighted by Gasteiger charge is 2.21. The van der Waals surface area contributed by atoms with Gasteiger partial charge >= 0.3 is 0 Å². The number of nitrogens with one attached hydrogen (secondary N) is 2. The average molecular weight is 491 g/mol. The molecule has 1 atom stereocenters. The van der Waals surface area contributed by atoms with Crippen molar-refractivity contribution in [2.24, 2.45) is 4.99 Å². The molecule has 0 spiro atoms. The molecule has 2 heterocycles. The van der Waals surface area contributed by atoms with E-state index in [4.69, 9.17) is 4.99 Å². The van der Waals surface area contributed by atoms with E-state index in [9.17, 15) is 0 Å². The van der Waals surface area contributed by atoms with Gasteiger partial charge in [0.1, 0.15) is 12.2 Å². The van der Waals surface area contributed by atoms with Crippen LogP contribution in [0.4, 0.5) is 0 Å². The van der Waals surface area contributed by atoms with E-state index in [-0.39, 0.29) is 24.0 Å². The minimum Gasteiger partial charge on any atom is -0.357 e. The number of likely N-dealkylation sites (tertiary alicyclic amines) is 1. The molecule has 0 amide bonds. The Hall–Kier alpha value is -0.900. The molecule has 1 saturated heterocycles. The SMILES string of the molecule is CCCCN1CCCCC1CN=C(NCC)NCCn1cnnc1CC.I. The number of guanidine groups is 1. The second-order valence-corrected chi connectivity index (χ2v) is 6.98. The zero-order valence-corrected chi connectivity index (χ0v) is 19.6. The van der Waals surface area contributed by atoms with Crippen LogP contribution >= 0.6 is 24.0 Å². The molecule has 2 rings (SSSR count). The Morgan fingerprint density at radius 1 is 1.22 bits per heavy atom. The fourth-order valence-electron chi connectivity index (χ4n) is 3.49. The summed E-state index contributed by atoms with van der Waals surface area (Å²) in [4.78, 5) is 7.51. The van der Waals surface area contributed by atoms with Gasteiger partial charge in [0.15, 0.2) is 5.96 Å². The van der Waals surface area contributed by atoms with Crippen LogP contribution in [0.3, 0.4) is 0 Å². The molecule has 1 unspecified atom stereocenters. The molecular formula is C19H38IN7. The number of halogens is 1. The molecule has 0 aliphatic carbocycles. The molecule has 1 aromatic rings. The van der Waals surface area contributed by atoms with Crippen LogP contribution in [0.25, 0.3) is 0 Å². The average Bonchev–Trinajstić information content (AvgIpc) is 3.12. The quantitative estimate of drug-likeness (QED) is 0.299. The van der Waals surface area contributed by atoms with Gasteiger partial charge in [0, 0.05) is 32.1 Å². The van der Waals surface area contributed by atoms with Gasteiger partial charge in [-0.3, -0.25) is 9.89 Å². The molecule has 8 heteroatoms. The highest BCUT2D eigenvalue weighted by atomic mass is 127. The Balaban J connectivity index is 0.00000364. The van der Waals surface area contributed by atoms with E-state index in [1.807, 2.05) is 0 Å². The Morgan fingerprint density at radius 3 is 2.81 bits per heavy atom. The zero-order chi connectivity index (χ0) is 18.6. The third-order valence-electron chi connectivity index (χ3n) is 5.01. The maximum Gasteiger partial charge on any atom is 0.191 e. The van der Waals surface area contributed by atoms with Gasteiger partial charge in [-0.2, -0.15) is 0 Å². The molecule has 7 nitrogen and oxygen atoms in total. The Bertz CT molecular complexity index is 532. The predicted molar refractivity (Wildman–Crippen MR) is 123 cm³/mol. The first-order valence-electron chi connectivity index (χ1n) is 10.4. The number of aromatic nitrogens is 3. The van der Waals surface area contributed by atoms with Crippen LogP contribution in [-0.4, -0.2) is 64.4 Å². The molecule has 156 valence electrons. The number of aryl methyl sites for hydroxylation is 1. The number of aliphatic imine (C=N–C) groups is 1. The van der Waals surface area contributed by atoms with Gasteiger partial charge in [0.05, 0.1) is 6.54 Å². The third kappa shape index (κ3) is 8.33. The predicted octanol–water partition coefficient (Wildman–Crippen LogP) is 2.67. The molecular weight excluding hydrogens is 453 g/mol. The summed E-state index contributed by atoms with van der Waals surface area (Å²) >= 11 is 0. The van der Waals surface area contributed by atoms with Crippen molar-refractivity contribution in [3.05, 3.63) is 12.2 Å². The van der Waals surface area contributed by atoms with Crippen LogP contribution in [0.5, 0.6) is 0 Å². The van der Waals surface area contributed by atoms with Crippen molar-refractivity contribution >= 4 is 29.9 Å². The number of unbranched alkanes of at least 4 members (excludes halogenated alkanes) is 1. The van der Waals surface area contributed by atoms with Crippen molar-refractivity contribution in [3.8, 4) is 0 Å². The van der Waals surface area contributed by atoms with Gasteiger partial charge in [0.2, 0.25) is 0 Å². The molecule has 1 aromatic heterocycles. The maximum atomic E-state index is 4.87. The Kier molecular flexibility index (Phi) is 12.6. The summed E-state index contributed by atoms with van der Waals surface area (Å²) in [5.74, 6) is 1.95. The van der Waals surface area contributed by atoms with Crippen LogP contribution in [0.15, 0.2) is 11.3 Å². The van der Waals surface area contributed by atoms with E-state index in [1.54, 1.807) is 6.33 Å². The summed E-state index contributed by atoms with van der Waals surface area (Å²) in [6.45, 7) is 12.4. The first-order valence-corrected chi connectivity index (χ1v) is 10.4. The van der Waals surface area contributed by atoms with Crippen LogP contribution in [0.1, 0.15) is 58.7 Å². The molecule has 0 radical (unpaired) electrons. The lowest BCUT2D eigenvalue weighted by Crippen LogP contribution is -2.44. The molecule has 1 aliphatic rings. The van der Waals surface area contributed by atoms with Crippen molar-refractivity contribution in [1.82, 2.24) is 30.3 Å². The lowest BCUT2D eigenvalue weighted by molar-refractivity contribution is 0.151. The van der Waals surface area contributed by atoms with Gasteiger partial charge in [-0.15, -0.1) is 34.2 Å². The standard InChI is InChI=1S/C19H37N7.HI/c1-4-7-12-25-13-9-8-10-17(25)15-22-19(20-6-3)21-11-14-26-16-23-24-18(26)5-2;/h16-17H,4-15H2,1-3H3,(H2,20,21,22);1H. The van der Waals surface area contributed by atoms with E-state index in [0.717, 1.165) is 44.4 Å². The van der Waals surface area contributed by atoms with Crippen molar-refractivity contribution in [3.63, 3.8) is 0 Å². The lowest BCUT2D eigenvalue weighted by atomic mass is 10.0. The summed E-state index contributed by atoms with van der Waals surface area (Å²) in [5, 5.41) is 14.9. The molecule has 2 N–H and O–H groups in total. The molecule has 27 heavy (non-hydrogen) atoms. The largest absolute Gasteiger partial charge is 0.357 e. The van der Waals surface area contributed by atoms with Crippen LogP contribution in [-0.2, 0) is 13.0 Å². The molecule has 1 fully saturated rings. The Morgan fingerprint density at radius 2 is 2.07 bits per heavy atom. The summed E-state index contributed by atoms with van der Waals surface area (Å²) in [6.07, 6.45) is 9.20. The second-order valence-electron chi connectivity index (χ2n) is 6.98. The minimum absolute atomic E-state index is 0. The van der Waals surface area contributed by atoms with Crippen LogP contribution in [0.2, 0.25) is 0 Å². The normalized spacial score (nSPS) is 18.2. The van der Waals surface area contributed by atoms with Crippen molar-refractivity contribution in [1.29, 1.82) is 0 Å². The molecule has 1 aliphatic heterocycles. The highest BCUT2D eigenvalue weighted by molar-refractivity contribution is 14.0. The first-order chi connectivity index (χ1) is 12.8. The molecule has 0 saturated carbocycles. The number of hydrogen-bond donors (Lipinski definition) is 2. The number of hydrogen-bond acceptors (Lipinski definition) is 4. The van der Waals surface area contributed by atoms with Gasteiger partial charge in [-0.25, -0.2) is 0 Å². The number of piperidine rings is 1. The minimum atomic E-state index is 0. The van der Waals surface area contributed by atoms with Gasteiger partial charge < -0.3 is 15.2 Å². The van der Waals surface area contributed by atoms with Gasteiger partial charge in [-0.05, 0) is 39.3 Å². The smallest absolute Gasteiger partial charge is 0.191 e. The summed E-state index contributed by atoms with van der Waals surface area (Å²) in [6, 6.07) is 0.593. The number of rotatable bonds is 10.